The summed E-state index contributed by atoms with van der Waals surface area (Å²) in [5.41, 5.74) is 2.81. The third-order valence-corrected chi connectivity index (χ3v) is 6.92. The van der Waals surface area contributed by atoms with Crippen molar-refractivity contribution >= 4 is 28.5 Å². The molecule has 1 fully saturated rings. The van der Waals surface area contributed by atoms with Crippen molar-refractivity contribution < 1.29 is 9.47 Å². The standard InChI is InChI=1S/C23H26N6O2S/c1-15-10-23(11-15,31-4)17-7-8-24-20(9-17)29-14-18(13-26-29)32-27-21-19(30-3)6-5-16-12-25-28(2)22(16)21/h5-9,12-15,27H,10-11H2,1-4H3. The highest BCUT2D eigenvalue weighted by Crippen LogP contribution is 2.48. The molecule has 4 aromatic rings. The van der Waals surface area contributed by atoms with Crippen LogP contribution >= 0.6 is 11.9 Å². The molecule has 8 nitrogen and oxygen atoms in total. The van der Waals surface area contributed by atoms with Gasteiger partial charge >= 0.3 is 0 Å². The Hall–Kier alpha value is -3.04. The summed E-state index contributed by atoms with van der Waals surface area (Å²) in [7, 11) is 5.38. The molecule has 32 heavy (non-hydrogen) atoms. The number of hydrogen-bond donors (Lipinski definition) is 1. The second kappa shape index (κ2) is 8.14. The third-order valence-electron chi connectivity index (χ3n) is 6.17. The first kappa shape index (κ1) is 20.8. The zero-order valence-corrected chi connectivity index (χ0v) is 19.4. The highest BCUT2D eigenvalue weighted by molar-refractivity contribution is 8.00. The van der Waals surface area contributed by atoms with E-state index in [1.807, 2.05) is 54.7 Å². The van der Waals surface area contributed by atoms with Gasteiger partial charge in [-0.25, -0.2) is 9.67 Å². The maximum absolute atomic E-state index is 5.88. The molecule has 0 amide bonds. The van der Waals surface area contributed by atoms with E-state index in [0.29, 0.717) is 5.92 Å². The lowest BCUT2D eigenvalue weighted by Crippen LogP contribution is -2.41. The smallest absolute Gasteiger partial charge is 0.153 e. The van der Waals surface area contributed by atoms with Gasteiger partial charge in [0.15, 0.2) is 5.82 Å². The van der Waals surface area contributed by atoms with Crippen LogP contribution in [0.15, 0.2) is 53.9 Å². The number of nitrogens with one attached hydrogen (secondary N) is 1. The number of nitrogens with zero attached hydrogens (tertiary/aromatic N) is 5. The molecular formula is C23H26N6O2S. The minimum atomic E-state index is -0.207. The van der Waals surface area contributed by atoms with Crippen molar-refractivity contribution in [3.63, 3.8) is 0 Å². The molecule has 0 unspecified atom stereocenters. The van der Waals surface area contributed by atoms with E-state index in [9.17, 15) is 0 Å². The van der Waals surface area contributed by atoms with E-state index in [0.717, 1.165) is 51.5 Å². The number of aryl methyl sites for hydroxylation is 1. The van der Waals surface area contributed by atoms with E-state index in [-0.39, 0.29) is 5.60 Å². The molecule has 3 heterocycles. The molecule has 1 aromatic carbocycles. The number of pyridine rings is 1. The second-order valence-electron chi connectivity index (χ2n) is 8.29. The Balaban J connectivity index is 1.37. The van der Waals surface area contributed by atoms with Crippen LogP contribution < -0.4 is 9.46 Å². The summed E-state index contributed by atoms with van der Waals surface area (Å²) in [6.07, 6.45) is 9.50. The normalized spacial score (nSPS) is 20.3. The predicted molar refractivity (Wildman–Crippen MR) is 125 cm³/mol. The van der Waals surface area contributed by atoms with Crippen molar-refractivity contribution in [1.29, 1.82) is 0 Å². The number of hydrogen-bond acceptors (Lipinski definition) is 7. The molecule has 3 aromatic heterocycles. The topological polar surface area (TPSA) is 79.0 Å². The molecule has 0 spiro atoms. The van der Waals surface area contributed by atoms with Gasteiger partial charge in [-0.1, -0.05) is 6.92 Å². The summed E-state index contributed by atoms with van der Waals surface area (Å²) in [5.74, 6) is 2.21. The summed E-state index contributed by atoms with van der Waals surface area (Å²) in [6, 6.07) is 8.06. The summed E-state index contributed by atoms with van der Waals surface area (Å²) in [4.78, 5) is 5.48. The molecule has 0 atom stereocenters. The van der Waals surface area contributed by atoms with Gasteiger partial charge < -0.3 is 14.2 Å². The maximum atomic E-state index is 5.88. The lowest BCUT2D eigenvalue weighted by atomic mass is 9.68. The summed E-state index contributed by atoms with van der Waals surface area (Å²) in [5, 5.41) is 9.93. The lowest BCUT2D eigenvalue weighted by molar-refractivity contribution is -0.107. The summed E-state index contributed by atoms with van der Waals surface area (Å²) < 4.78 is 18.5. The van der Waals surface area contributed by atoms with Gasteiger partial charge in [-0.3, -0.25) is 4.68 Å². The van der Waals surface area contributed by atoms with Crippen LogP contribution in [0, 0.1) is 5.92 Å². The molecule has 0 radical (unpaired) electrons. The number of rotatable bonds is 7. The SMILES string of the molecule is COc1ccc2cnn(C)c2c1NSc1cnn(-c2cc(C3(OC)CC(C)C3)ccn2)c1. The predicted octanol–water partition coefficient (Wildman–Crippen LogP) is 4.55. The Morgan fingerprint density at radius 1 is 1.16 bits per heavy atom. The fraction of sp³-hybridized carbons (Fsp3) is 0.348. The van der Waals surface area contributed by atoms with Crippen LogP contribution in [-0.2, 0) is 17.4 Å². The average Bonchev–Trinajstić information content (AvgIpc) is 3.42. The average molecular weight is 451 g/mol. The van der Waals surface area contributed by atoms with Crippen LogP contribution in [0.1, 0.15) is 25.3 Å². The van der Waals surface area contributed by atoms with E-state index in [1.165, 1.54) is 11.9 Å². The number of methoxy groups -OCH3 is 2. The molecule has 1 aliphatic carbocycles. The number of aromatic nitrogens is 5. The van der Waals surface area contributed by atoms with Gasteiger partial charge in [0.05, 0.1) is 35.5 Å². The van der Waals surface area contributed by atoms with Gasteiger partial charge in [0, 0.05) is 31.9 Å². The quantitative estimate of drug-likeness (QED) is 0.414. The Bertz CT molecular complexity index is 1260. The molecule has 0 saturated heterocycles. The first-order chi connectivity index (χ1) is 15.5. The van der Waals surface area contributed by atoms with Crippen LogP contribution in [0.3, 0.4) is 0 Å². The molecular weight excluding hydrogens is 424 g/mol. The number of benzene rings is 1. The minimum Gasteiger partial charge on any atom is -0.494 e. The molecule has 166 valence electrons. The van der Waals surface area contributed by atoms with Gasteiger partial charge in [0.1, 0.15) is 11.4 Å². The minimum absolute atomic E-state index is 0.207. The molecule has 0 bridgehead atoms. The Morgan fingerprint density at radius 2 is 2.00 bits per heavy atom. The second-order valence-corrected chi connectivity index (χ2v) is 9.17. The molecule has 5 rings (SSSR count). The first-order valence-corrected chi connectivity index (χ1v) is 11.3. The van der Waals surface area contributed by atoms with Gasteiger partial charge in [0.25, 0.3) is 0 Å². The highest BCUT2D eigenvalue weighted by Gasteiger charge is 2.44. The summed E-state index contributed by atoms with van der Waals surface area (Å²) >= 11 is 1.47. The molecule has 1 aliphatic rings. The van der Waals surface area contributed by atoms with Gasteiger partial charge in [-0.05, 0) is 60.5 Å². The third kappa shape index (κ3) is 3.51. The lowest BCUT2D eigenvalue weighted by Gasteiger charge is -2.45. The first-order valence-electron chi connectivity index (χ1n) is 10.5. The zero-order chi connectivity index (χ0) is 22.3. The van der Waals surface area contributed by atoms with Crippen LogP contribution in [-0.4, -0.2) is 38.8 Å². The zero-order valence-electron chi connectivity index (χ0n) is 18.6. The molecule has 1 N–H and O–H groups in total. The number of ether oxygens (including phenoxy) is 2. The Morgan fingerprint density at radius 3 is 2.75 bits per heavy atom. The number of anilines is 1. The fourth-order valence-corrected chi connectivity index (χ4v) is 5.19. The monoisotopic (exact) mass is 450 g/mol. The van der Waals surface area contributed by atoms with Gasteiger partial charge in [-0.15, -0.1) is 0 Å². The van der Waals surface area contributed by atoms with Gasteiger partial charge in [-0.2, -0.15) is 10.2 Å². The maximum Gasteiger partial charge on any atom is 0.153 e. The van der Waals surface area contributed by atoms with Crippen molar-refractivity contribution in [2.75, 3.05) is 18.9 Å². The van der Waals surface area contributed by atoms with Crippen LogP contribution in [0.2, 0.25) is 0 Å². The van der Waals surface area contributed by atoms with E-state index < -0.39 is 0 Å². The van der Waals surface area contributed by atoms with Crippen LogP contribution in [0.5, 0.6) is 5.75 Å². The van der Waals surface area contributed by atoms with Crippen molar-refractivity contribution in [3.8, 4) is 11.6 Å². The highest BCUT2D eigenvalue weighted by atomic mass is 32.2. The Kier molecular flexibility index (Phi) is 5.30. The van der Waals surface area contributed by atoms with E-state index in [1.54, 1.807) is 18.9 Å². The number of fused-ring (bicyclic) bond motifs is 1. The van der Waals surface area contributed by atoms with E-state index in [4.69, 9.17) is 9.47 Å². The van der Waals surface area contributed by atoms with Crippen LogP contribution in [0.25, 0.3) is 16.7 Å². The van der Waals surface area contributed by atoms with Crippen molar-refractivity contribution in [1.82, 2.24) is 24.5 Å². The summed E-state index contributed by atoms with van der Waals surface area (Å²) in [6.45, 7) is 2.25. The van der Waals surface area contributed by atoms with Crippen molar-refractivity contribution in [2.45, 2.75) is 30.3 Å². The van der Waals surface area contributed by atoms with Crippen molar-refractivity contribution in [2.24, 2.45) is 13.0 Å². The Labute approximate surface area is 191 Å². The molecule has 1 saturated carbocycles. The fourth-order valence-electron chi connectivity index (χ4n) is 4.52. The molecule has 9 heteroatoms. The largest absolute Gasteiger partial charge is 0.494 e. The molecule has 0 aliphatic heterocycles. The van der Waals surface area contributed by atoms with E-state index in [2.05, 4.69) is 32.9 Å². The van der Waals surface area contributed by atoms with Crippen molar-refractivity contribution in [3.05, 3.63) is 54.6 Å². The van der Waals surface area contributed by atoms with Gasteiger partial charge in [0.2, 0.25) is 0 Å². The van der Waals surface area contributed by atoms with E-state index >= 15 is 0 Å². The van der Waals surface area contributed by atoms with Crippen LogP contribution in [0.4, 0.5) is 5.69 Å².